The summed E-state index contributed by atoms with van der Waals surface area (Å²) in [5.41, 5.74) is 4.34. The first-order valence-corrected chi connectivity index (χ1v) is 12.8. The molecule has 0 fully saturated rings. The summed E-state index contributed by atoms with van der Waals surface area (Å²) in [6, 6.07) is 21.5. The van der Waals surface area contributed by atoms with Crippen molar-refractivity contribution in [3.63, 3.8) is 0 Å². The van der Waals surface area contributed by atoms with Gasteiger partial charge in [-0.1, -0.05) is 41.9 Å². The number of rotatable bonds is 9. The van der Waals surface area contributed by atoms with Crippen molar-refractivity contribution in [3.05, 3.63) is 105 Å². The largest absolute Gasteiger partial charge is 0.490 e. The third-order valence-electron chi connectivity index (χ3n) is 5.93. The molecular weight excluding hydrogens is 534 g/mol. The molecule has 0 spiro atoms. The van der Waals surface area contributed by atoms with Crippen LogP contribution in [0.5, 0.6) is 11.5 Å². The zero-order valence-corrected chi connectivity index (χ0v) is 22.9. The summed E-state index contributed by atoms with van der Waals surface area (Å²) in [5, 5.41) is 6.89. The topological polar surface area (TPSA) is 116 Å². The van der Waals surface area contributed by atoms with Gasteiger partial charge in [0, 0.05) is 12.1 Å². The third kappa shape index (κ3) is 6.59. The van der Waals surface area contributed by atoms with Crippen LogP contribution < -0.4 is 25.8 Å². The predicted molar refractivity (Wildman–Crippen MR) is 154 cm³/mol. The van der Waals surface area contributed by atoms with Gasteiger partial charge >= 0.3 is 11.8 Å². The Morgan fingerprint density at radius 2 is 1.75 bits per heavy atom. The molecule has 0 unspecified atom stereocenters. The summed E-state index contributed by atoms with van der Waals surface area (Å²) in [5.74, 6) is -1.03. The fourth-order valence-corrected chi connectivity index (χ4v) is 4.09. The van der Waals surface area contributed by atoms with E-state index in [1.54, 1.807) is 67.2 Å². The minimum Gasteiger partial charge on any atom is -0.490 e. The number of carbonyl (C=O) groups excluding carboxylic acids is 2. The quantitative estimate of drug-likeness (QED) is 0.180. The van der Waals surface area contributed by atoms with Crippen LogP contribution in [0.1, 0.15) is 23.7 Å². The molecule has 1 aromatic heterocycles. The van der Waals surface area contributed by atoms with Crippen LogP contribution in [0.3, 0.4) is 0 Å². The molecule has 0 aliphatic heterocycles. The Hall–Kier alpha value is -4.83. The standard InChI is InChI=1S/C29H28ClN5O5/c1-4-39-25-16-20(13-14-24(25)40-18-21-9-8-10-22(30)15-21)17-31-33-28(37)27(36)32-26-19(2)34(3)35(29(26)38)23-11-6-5-7-12-23/h5-17H,4,18H2,1-3H3,(H,32,36)(H,33,37)/b31-17+. The number of anilines is 1. The number of carbonyl (C=O) groups is 2. The first-order valence-electron chi connectivity index (χ1n) is 12.4. The van der Waals surface area contributed by atoms with Crippen LogP contribution in [-0.2, 0) is 23.2 Å². The maximum atomic E-state index is 13.0. The van der Waals surface area contributed by atoms with Gasteiger partial charge in [-0.15, -0.1) is 0 Å². The van der Waals surface area contributed by atoms with Crippen LogP contribution in [0, 0.1) is 6.92 Å². The average molecular weight is 562 g/mol. The number of ether oxygens (including phenoxy) is 2. The second-order valence-corrected chi connectivity index (χ2v) is 9.08. The number of halogens is 1. The molecule has 10 nitrogen and oxygen atoms in total. The summed E-state index contributed by atoms with van der Waals surface area (Å²) in [6.07, 6.45) is 1.37. The Morgan fingerprint density at radius 3 is 2.48 bits per heavy atom. The highest BCUT2D eigenvalue weighted by Gasteiger charge is 2.21. The molecule has 0 atom stereocenters. The Balaban J connectivity index is 1.40. The van der Waals surface area contributed by atoms with Gasteiger partial charge in [-0.2, -0.15) is 5.10 Å². The van der Waals surface area contributed by atoms with Gasteiger partial charge < -0.3 is 14.8 Å². The van der Waals surface area contributed by atoms with Gasteiger partial charge in [0.2, 0.25) is 0 Å². The number of para-hydroxylation sites is 1. The highest BCUT2D eigenvalue weighted by molar-refractivity contribution is 6.39. The maximum absolute atomic E-state index is 13.0. The minimum absolute atomic E-state index is 0.00482. The number of hydrogen-bond acceptors (Lipinski definition) is 6. The van der Waals surface area contributed by atoms with Gasteiger partial charge in [-0.25, -0.2) is 10.1 Å². The van der Waals surface area contributed by atoms with Gasteiger partial charge in [0.15, 0.2) is 11.5 Å². The predicted octanol–water partition coefficient (Wildman–Crippen LogP) is 4.20. The first-order chi connectivity index (χ1) is 19.3. The Bertz CT molecular complexity index is 1610. The molecule has 206 valence electrons. The lowest BCUT2D eigenvalue weighted by atomic mass is 10.2. The Labute approximate surface area is 235 Å². The molecule has 1 heterocycles. The maximum Gasteiger partial charge on any atom is 0.329 e. The molecule has 4 rings (SSSR count). The van der Waals surface area contributed by atoms with Crippen molar-refractivity contribution < 1.29 is 19.1 Å². The van der Waals surface area contributed by atoms with Crippen LogP contribution in [0.2, 0.25) is 5.02 Å². The van der Waals surface area contributed by atoms with Gasteiger partial charge in [0.1, 0.15) is 12.3 Å². The number of nitrogens with one attached hydrogen (secondary N) is 2. The Kier molecular flexibility index (Phi) is 9.03. The molecule has 2 amide bonds. The van der Waals surface area contributed by atoms with E-state index in [4.69, 9.17) is 21.1 Å². The number of benzene rings is 3. The van der Waals surface area contributed by atoms with Crippen molar-refractivity contribution in [2.24, 2.45) is 12.1 Å². The van der Waals surface area contributed by atoms with Gasteiger partial charge in [0.05, 0.1) is 24.2 Å². The van der Waals surface area contributed by atoms with E-state index in [2.05, 4.69) is 15.8 Å². The summed E-state index contributed by atoms with van der Waals surface area (Å²) in [7, 11) is 1.69. The molecule has 0 bridgehead atoms. The van der Waals surface area contributed by atoms with E-state index in [1.807, 2.05) is 31.2 Å². The van der Waals surface area contributed by atoms with Crippen molar-refractivity contribution in [3.8, 4) is 17.2 Å². The Morgan fingerprint density at radius 1 is 0.975 bits per heavy atom. The molecule has 0 aliphatic carbocycles. The van der Waals surface area contributed by atoms with Crippen LogP contribution in [0.15, 0.2) is 82.7 Å². The number of aromatic nitrogens is 2. The van der Waals surface area contributed by atoms with E-state index in [0.717, 1.165) is 5.56 Å². The minimum atomic E-state index is -1.03. The van der Waals surface area contributed by atoms with Crippen LogP contribution in [0.25, 0.3) is 5.69 Å². The van der Waals surface area contributed by atoms with Gasteiger partial charge in [-0.05, 0) is 67.4 Å². The number of hydrazone groups is 1. The van der Waals surface area contributed by atoms with Crippen molar-refractivity contribution in [1.82, 2.24) is 14.8 Å². The van der Waals surface area contributed by atoms with Crippen LogP contribution >= 0.6 is 11.6 Å². The molecular formula is C29H28ClN5O5. The fraction of sp³-hybridized carbons (Fsp3) is 0.172. The number of hydrogen-bond donors (Lipinski definition) is 2. The number of amides is 2. The van der Waals surface area contributed by atoms with Crippen LogP contribution in [0.4, 0.5) is 5.69 Å². The van der Waals surface area contributed by atoms with E-state index >= 15 is 0 Å². The van der Waals surface area contributed by atoms with Crippen molar-refractivity contribution in [2.75, 3.05) is 11.9 Å². The van der Waals surface area contributed by atoms with Crippen molar-refractivity contribution >= 4 is 35.3 Å². The monoisotopic (exact) mass is 561 g/mol. The summed E-state index contributed by atoms with van der Waals surface area (Å²) < 4.78 is 14.6. The molecule has 0 saturated heterocycles. The summed E-state index contributed by atoms with van der Waals surface area (Å²) >= 11 is 6.04. The molecule has 40 heavy (non-hydrogen) atoms. The average Bonchev–Trinajstić information content (AvgIpc) is 3.16. The fourth-order valence-electron chi connectivity index (χ4n) is 3.88. The normalized spacial score (nSPS) is 10.9. The highest BCUT2D eigenvalue weighted by atomic mass is 35.5. The molecule has 0 saturated carbocycles. The SMILES string of the molecule is CCOc1cc(/C=N/NC(=O)C(=O)Nc2c(C)n(C)n(-c3ccccc3)c2=O)ccc1OCc1cccc(Cl)c1. The third-order valence-corrected chi connectivity index (χ3v) is 6.16. The molecule has 11 heteroatoms. The summed E-state index contributed by atoms with van der Waals surface area (Å²) in [4.78, 5) is 37.9. The smallest absolute Gasteiger partial charge is 0.329 e. The van der Waals surface area contributed by atoms with Gasteiger partial charge in [0.25, 0.3) is 5.56 Å². The van der Waals surface area contributed by atoms with Gasteiger partial charge in [-0.3, -0.25) is 19.1 Å². The van der Waals surface area contributed by atoms with Crippen molar-refractivity contribution in [1.29, 1.82) is 0 Å². The molecule has 3 aromatic carbocycles. The molecule has 0 radical (unpaired) electrons. The lowest BCUT2D eigenvalue weighted by Gasteiger charge is -2.12. The second kappa shape index (κ2) is 12.8. The molecule has 0 aliphatic rings. The van der Waals surface area contributed by atoms with E-state index in [9.17, 15) is 14.4 Å². The van der Waals surface area contributed by atoms with Crippen molar-refractivity contribution in [2.45, 2.75) is 20.5 Å². The summed E-state index contributed by atoms with van der Waals surface area (Å²) in [6.45, 7) is 4.24. The highest BCUT2D eigenvalue weighted by Crippen LogP contribution is 2.29. The van der Waals surface area contributed by atoms with E-state index in [1.165, 1.54) is 10.9 Å². The zero-order valence-electron chi connectivity index (χ0n) is 22.2. The van der Waals surface area contributed by atoms with Crippen LogP contribution in [-0.4, -0.2) is 34.0 Å². The molecule has 2 N–H and O–H groups in total. The molecule has 4 aromatic rings. The first kappa shape index (κ1) is 28.2. The van der Waals surface area contributed by atoms with E-state index < -0.39 is 17.4 Å². The lowest BCUT2D eigenvalue weighted by molar-refractivity contribution is -0.136. The zero-order chi connectivity index (χ0) is 28.6. The second-order valence-electron chi connectivity index (χ2n) is 8.65. The van der Waals surface area contributed by atoms with E-state index in [-0.39, 0.29) is 5.69 Å². The lowest BCUT2D eigenvalue weighted by Crippen LogP contribution is -2.34. The number of nitrogens with zero attached hydrogens (tertiary/aromatic N) is 3. The van der Waals surface area contributed by atoms with E-state index in [0.29, 0.717) is 46.7 Å².